The van der Waals surface area contributed by atoms with Crippen LogP contribution in [0.5, 0.6) is 0 Å². The van der Waals surface area contributed by atoms with Gasteiger partial charge in [-0.05, 0) is 36.8 Å². The molecule has 0 amide bonds. The molecule has 0 aliphatic carbocycles. The number of benzene rings is 2. The van der Waals surface area contributed by atoms with Crippen LogP contribution in [0.25, 0.3) is 0 Å². The van der Waals surface area contributed by atoms with Crippen LogP contribution in [-0.4, -0.2) is 14.1 Å². The van der Waals surface area contributed by atoms with E-state index in [1.54, 1.807) is 6.92 Å². The summed E-state index contributed by atoms with van der Waals surface area (Å²) in [7, 11) is 3.96. The maximum atomic E-state index is 13.7. The predicted molar refractivity (Wildman–Crippen MR) is 82.4 cm³/mol. The molecule has 4 heteroatoms. The number of anilines is 1. The molecule has 0 aliphatic rings. The Balaban J connectivity index is 2.02. The van der Waals surface area contributed by atoms with E-state index in [4.69, 9.17) is 0 Å². The summed E-state index contributed by atoms with van der Waals surface area (Å²) in [6.45, 7) is 2.32. The molecule has 1 unspecified atom stereocenters. The van der Waals surface area contributed by atoms with Gasteiger partial charge in [0.25, 0.3) is 0 Å². The number of halogens is 2. The highest BCUT2D eigenvalue weighted by Gasteiger charge is 2.15. The average molecular weight is 290 g/mol. The van der Waals surface area contributed by atoms with Crippen LogP contribution in [0.4, 0.5) is 14.5 Å². The van der Waals surface area contributed by atoms with Crippen molar-refractivity contribution in [2.45, 2.75) is 19.5 Å². The molecule has 2 rings (SSSR count). The number of hydrogen-bond donors (Lipinski definition) is 1. The van der Waals surface area contributed by atoms with Crippen molar-refractivity contribution in [3.63, 3.8) is 0 Å². The molecule has 0 heterocycles. The molecule has 112 valence electrons. The minimum absolute atomic E-state index is 0.0856. The van der Waals surface area contributed by atoms with Crippen molar-refractivity contribution in [3.8, 4) is 0 Å². The Morgan fingerprint density at radius 2 is 1.57 bits per heavy atom. The highest BCUT2D eigenvalue weighted by molar-refractivity contribution is 5.46. The molecule has 0 fully saturated rings. The molecule has 2 nitrogen and oxygen atoms in total. The summed E-state index contributed by atoms with van der Waals surface area (Å²) in [5.41, 5.74) is 2.28. The van der Waals surface area contributed by atoms with Gasteiger partial charge < -0.3 is 10.2 Å². The normalized spacial score (nSPS) is 12.2. The zero-order chi connectivity index (χ0) is 15.4. The Labute approximate surface area is 124 Å². The van der Waals surface area contributed by atoms with E-state index in [0.29, 0.717) is 6.54 Å². The quantitative estimate of drug-likeness (QED) is 0.899. The van der Waals surface area contributed by atoms with Gasteiger partial charge in [0, 0.05) is 37.9 Å². The maximum Gasteiger partial charge on any atom is 0.130 e. The zero-order valence-corrected chi connectivity index (χ0v) is 12.5. The number of rotatable bonds is 5. The van der Waals surface area contributed by atoms with Crippen LogP contribution >= 0.6 is 0 Å². The highest BCUT2D eigenvalue weighted by atomic mass is 19.1. The van der Waals surface area contributed by atoms with E-state index in [9.17, 15) is 8.78 Å². The topological polar surface area (TPSA) is 15.3 Å². The average Bonchev–Trinajstić information content (AvgIpc) is 2.45. The van der Waals surface area contributed by atoms with Gasteiger partial charge in [0.15, 0.2) is 0 Å². The van der Waals surface area contributed by atoms with E-state index in [1.807, 2.05) is 43.3 Å². The van der Waals surface area contributed by atoms with E-state index in [2.05, 4.69) is 5.32 Å². The van der Waals surface area contributed by atoms with E-state index in [1.165, 1.54) is 18.2 Å². The number of nitrogens with zero attached hydrogens (tertiary/aromatic N) is 1. The van der Waals surface area contributed by atoms with Gasteiger partial charge >= 0.3 is 0 Å². The van der Waals surface area contributed by atoms with Crippen LogP contribution in [0.1, 0.15) is 24.1 Å². The second-order valence-electron chi connectivity index (χ2n) is 5.30. The fourth-order valence-corrected chi connectivity index (χ4v) is 2.21. The summed E-state index contributed by atoms with van der Waals surface area (Å²) in [5.74, 6) is -1.03. The van der Waals surface area contributed by atoms with Crippen LogP contribution < -0.4 is 10.2 Å². The highest BCUT2D eigenvalue weighted by Crippen LogP contribution is 2.21. The smallest absolute Gasteiger partial charge is 0.130 e. The van der Waals surface area contributed by atoms with E-state index in [-0.39, 0.29) is 11.6 Å². The second-order valence-corrected chi connectivity index (χ2v) is 5.30. The van der Waals surface area contributed by atoms with E-state index >= 15 is 0 Å². The first-order valence-corrected chi connectivity index (χ1v) is 6.92. The molecule has 1 N–H and O–H groups in total. The van der Waals surface area contributed by atoms with Gasteiger partial charge in [0.2, 0.25) is 0 Å². The predicted octanol–water partition coefficient (Wildman–Crippen LogP) is 3.88. The second kappa shape index (κ2) is 6.68. The minimum atomic E-state index is -0.516. The number of nitrogens with one attached hydrogen (secondary N) is 1. The Kier molecular flexibility index (Phi) is 4.91. The monoisotopic (exact) mass is 290 g/mol. The Morgan fingerprint density at radius 1 is 1.00 bits per heavy atom. The number of hydrogen-bond acceptors (Lipinski definition) is 2. The summed E-state index contributed by atoms with van der Waals surface area (Å²) in [6.07, 6.45) is 0. The molecule has 21 heavy (non-hydrogen) atoms. The Bertz CT molecular complexity index is 574. The minimum Gasteiger partial charge on any atom is -0.378 e. The van der Waals surface area contributed by atoms with Crippen LogP contribution in [0, 0.1) is 11.6 Å². The van der Waals surface area contributed by atoms with Crippen molar-refractivity contribution >= 4 is 5.69 Å². The molecule has 0 bridgehead atoms. The molecule has 2 aromatic rings. The molecule has 0 saturated carbocycles. The van der Waals surface area contributed by atoms with Crippen molar-refractivity contribution in [3.05, 3.63) is 65.2 Å². The largest absolute Gasteiger partial charge is 0.378 e. The molecule has 0 radical (unpaired) electrons. The van der Waals surface area contributed by atoms with Crippen molar-refractivity contribution in [2.75, 3.05) is 19.0 Å². The lowest BCUT2D eigenvalue weighted by atomic mass is 10.1. The van der Waals surface area contributed by atoms with Crippen LogP contribution in [0.15, 0.2) is 42.5 Å². The third-order valence-electron chi connectivity index (χ3n) is 3.50. The molecule has 0 saturated heterocycles. The van der Waals surface area contributed by atoms with E-state index in [0.717, 1.165) is 11.3 Å². The van der Waals surface area contributed by atoms with Gasteiger partial charge in [-0.15, -0.1) is 0 Å². The zero-order valence-electron chi connectivity index (χ0n) is 12.5. The van der Waals surface area contributed by atoms with Gasteiger partial charge in [-0.3, -0.25) is 0 Å². The van der Waals surface area contributed by atoms with Crippen LogP contribution in [0.2, 0.25) is 0 Å². The van der Waals surface area contributed by atoms with Crippen molar-refractivity contribution in [1.29, 1.82) is 0 Å². The lowest BCUT2D eigenvalue weighted by Gasteiger charge is -2.17. The van der Waals surface area contributed by atoms with Crippen molar-refractivity contribution in [1.82, 2.24) is 5.32 Å². The van der Waals surface area contributed by atoms with Gasteiger partial charge in [-0.1, -0.05) is 18.2 Å². The summed E-state index contributed by atoms with van der Waals surface area (Å²) < 4.78 is 27.4. The standard InChI is InChI=1S/C17H20F2N2/c1-12(17-15(18)5-4-6-16(17)19)20-11-13-7-9-14(10-8-13)21(2)3/h4-10,12,20H,11H2,1-3H3. The van der Waals surface area contributed by atoms with Gasteiger partial charge in [0.1, 0.15) is 11.6 Å². The fourth-order valence-electron chi connectivity index (χ4n) is 2.21. The molecule has 1 atom stereocenters. The summed E-state index contributed by atoms with van der Waals surface area (Å²) >= 11 is 0. The van der Waals surface area contributed by atoms with E-state index < -0.39 is 11.6 Å². The first kappa shape index (κ1) is 15.4. The molecular weight excluding hydrogens is 270 g/mol. The van der Waals surface area contributed by atoms with Crippen LogP contribution in [0.3, 0.4) is 0 Å². The first-order chi connectivity index (χ1) is 9.99. The lowest BCUT2D eigenvalue weighted by Crippen LogP contribution is -2.20. The van der Waals surface area contributed by atoms with Gasteiger partial charge in [0.05, 0.1) is 0 Å². The van der Waals surface area contributed by atoms with Gasteiger partial charge in [-0.2, -0.15) is 0 Å². The summed E-state index contributed by atoms with van der Waals surface area (Å²) in [5, 5.41) is 3.15. The Morgan fingerprint density at radius 3 is 2.10 bits per heavy atom. The molecule has 0 aliphatic heterocycles. The molecular formula is C17H20F2N2. The lowest BCUT2D eigenvalue weighted by molar-refractivity contribution is 0.487. The molecule has 2 aromatic carbocycles. The van der Waals surface area contributed by atoms with Crippen molar-refractivity contribution < 1.29 is 8.78 Å². The molecule has 0 aromatic heterocycles. The fraction of sp³-hybridized carbons (Fsp3) is 0.294. The summed E-state index contributed by atoms with van der Waals surface area (Å²) in [6, 6.07) is 11.6. The SMILES string of the molecule is CC(NCc1ccc(N(C)C)cc1)c1c(F)cccc1F. The third kappa shape index (κ3) is 3.79. The van der Waals surface area contributed by atoms with Gasteiger partial charge in [-0.25, -0.2) is 8.78 Å². The Hall–Kier alpha value is -1.94. The third-order valence-corrected chi connectivity index (χ3v) is 3.50. The molecule has 0 spiro atoms. The van der Waals surface area contributed by atoms with Crippen LogP contribution in [-0.2, 0) is 6.54 Å². The maximum absolute atomic E-state index is 13.7. The first-order valence-electron chi connectivity index (χ1n) is 6.92. The van der Waals surface area contributed by atoms with Crippen molar-refractivity contribution in [2.24, 2.45) is 0 Å². The summed E-state index contributed by atoms with van der Waals surface area (Å²) in [4.78, 5) is 2.02.